The van der Waals surface area contributed by atoms with Crippen LogP contribution in [0.5, 0.6) is 5.75 Å². The second-order valence-electron chi connectivity index (χ2n) is 8.58. The molecule has 0 aliphatic carbocycles. The van der Waals surface area contributed by atoms with E-state index in [4.69, 9.17) is 13.9 Å². The van der Waals surface area contributed by atoms with E-state index >= 15 is 0 Å². The number of nitro groups is 1. The van der Waals surface area contributed by atoms with Crippen LogP contribution in [0.1, 0.15) is 31.2 Å². The first-order valence-corrected chi connectivity index (χ1v) is 12.8. The van der Waals surface area contributed by atoms with Crippen LogP contribution in [-0.2, 0) is 9.53 Å². The maximum atomic E-state index is 13.7. The van der Waals surface area contributed by atoms with E-state index in [2.05, 4.69) is 4.99 Å². The number of nitrogens with zero attached hydrogens (tertiary/aromatic N) is 3. The highest BCUT2D eigenvalue weighted by Crippen LogP contribution is 2.32. The lowest BCUT2D eigenvalue weighted by Gasteiger charge is -2.24. The molecule has 1 atom stereocenters. The monoisotopic (exact) mass is 545 g/mol. The Morgan fingerprint density at radius 2 is 1.97 bits per heavy atom. The summed E-state index contributed by atoms with van der Waals surface area (Å²) in [5.41, 5.74) is 1.73. The minimum atomic E-state index is -0.759. The molecule has 2 aromatic heterocycles. The van der Waals surface area contributed by atoms with Crippen molar-refractivity contribution in [2.24, 2.45) is 4.99 Å². The fraction of sp³-hybridized carbons (Fsp3) is 0.179. The van der Waals surface area contributed by atoms with E-state index in [9.17, 15) is 19.7 Å². The third-order valence-electron chi connectivity index (χ3n) is 6.19. The third-order valence-corrected chi connectivity index (χ3v) is 7.17. The lowest BCUT2D eigenvalue weighted by atomic mass is 9.95. The van der Waals surface area contributed by atoms with Crippen LogP contribution >= 0.6 is 11.3 Å². The van der Waals surface area contributed by atoms with Crippen molar-refractivity contribution >= 4 is 29.1 Å². The highest BCUT2D eigenvalue weighted by atomic mass is 32.1. The van der Waals surface area contributed by atoms with Crippen molar-refractivity contribution in [2.75, 3.05) is 13.7 Å². The molecule has 0 saturated carbocycles. The van der Waals surface area contributed by atoms with Gasteiger partial charge < -0.3 is 13.9 Å². The number of rotatable bonds is 7. The van der Waals surface area contributed by atoms with Crippen LogP contribution in [0.25, 0.3) is 17.4 Å². The zero-order valence-corrected chi connectivity index (χ0v) is 22.1. The van der Waals surface area contributed by atoms with E-state index < -0.39 is 16.9 Å². The van der Waals surface area contributed by atoms with Crippen molar-refractivity contribution in [1.82, 2.24) is 4.57 Å². The standard InChI is InChI=1S/C28H23N3O7S/c1-4-37-27(33)24-16(2)29-28-30(25(24)18-6-5-7-20(14-18)36-3)26(32)23(39-28)15-21-12-13-22(38-21)17-8-10-19(11-9-17)31(34)35/h5-15,25H,4H2,1-3H3/b23-15-/t25-/m0/s1. The van der Waals surface area contributed by atoms with Crippen LogP contribution in [0.15, 0.2) is 86.1 Å². The summed E-state index contributed by atoms with van der Waals surface area (Å²) < 4.78 is 18.5. The number of allylic oxidation sites excluding steroid dienone is 1. The van der Waals surface area contributed by atoms with Gasteiger partial charge >= 0.3 is 5.97 Å². The van der Waals surface area contributed by atoms with E-state index in [0.717, 1.165) is 0 Å². The molecule has 4 aromatic rings. The second-order valence-corrected chi connectivity index (χ2v) is 9.59. The second kappa shape index (κ2) is 10.5. The minimum absolute atomic E-state index is 0.0188. The van der Waals surface area contributed by atoms with Gasteiger partial charge in [0.1, 0.15) is 17.3 Å². The first-order valence-electron chi connectivity index (χ1n) is 12.0. The molecular weight excluding hydrogens is 522 g/mol. The molecule has 0 N–H and O–H groups in total. The van der Waals surface area contributed by atoms with Crippen molar-refractivity contribution < 1.29 is 23.6 Å². The Morgan fingerprint density at radius 1 is 1.21 bits per heavy atom. The van der Waals surface area contributed by atoms with Crippen molar-refractivity contribution in [2.45, 2.75) is 19.9 Å². The summed E-state index contributed by atoms with van der Waals surface area (Å²) in [6.07, 6.45) is 1.62. The Bertz CT molecular complexity index is 1800. The van der Waals surface area contributed by atoms with Gasteiger partial charge in [0.25, 0.3) is 11.2 Å². The summed E-state index contributed by atoms with van der Waals surface area (Å²) >= 11 is 1.18. The lowest BCUT2D eigenvalue weighted by molar-refractivity contribution is -0.384. The molecule has 11 heteroatoms. The molecule has 39 heavy (non-hydrogen) atoms. The molecule has 0 radical (unpaired) electrons. The maximum Gasteiger partial charge on any atom is 0.338 e. The molecule has 5 rings (SSSR count). The van der Waals surface area contributed by atoms with E-state index in [1.807, 2.05) is 6.07 Å². The fourth-order valence-electron chi connectivity index (χ4n) is 4.38. The number of thiazole rings is 1. The van der Waals surface area contributed by atoms with Gasteiger partial charge in [-0.05, 0) is 55.8 Å². The molecule has 1 aliphatic heterocycles. The Balaban J connectivity index is 1.60. The molecule has 0 spiro atoms. The fourth-order valence-corrected chi connectivity index (χ4v) is 5.41. The number of hydrogen-bond acceptors (Lipinski definition) is 9. The minimum Gasteiger partial charge on any atom is -0.497 e. The molecule has 0 amide bonds. The normalized spacial score (nSPS) is 15.1. The van der Waals surface area contributed by atoms with Crippen LogP contribution in [-0.4, -0.2) is 29.2 Å². The molecule has 0 fully saturated rings. The maximum absolute atomic E-state index is 13.7. The van der Waals surface area contributed by atoms with Crippen molar-refractivity contribution in [1.29, 1.82) is 0 Å². The Kier molecular flexibility index (Phi) is 6.99. The smallest absolute Gasteiger partial charge is 0.338 e. The van der Waals surface area contributed by atoms with Gasteiger partial charge in [-0.1, -0.05) is 23.5 Å². The number of furan rings is 1. The Labute approximate surface area is 225 Å². The van der Waals surface area contributed by atoms with Crippen LogP contribution in [0.3, 0.4) is 0 Å². The highest BCUT2D eigenvalue weighted by molar-refractivity contribution is 7.07. The number of benzene rings is 2. The molecule has 0 bridgehead atoms. The zero-order chi connectivity index (χ0) is 27.7. The van der Waals surface area contributed by atoms with Crippen molar-refractivity contribution in [3.05, 3.63) is 113 Å². The number of carbonyl (C=O) groups is 1. The van der Waals surface area contributed by atoms with Gasteiger partial charge in [-0.15, -0.1) is 0 Å². The predicted molar refractivity (Wildman–Crippen MR) is 144 cm³/mol. The third kappa shape index (κ3) is 4.91. The number of non-ortho nitro benzene ring substituents is 1. The van der Waals surface area contributed by atoms with E-state index in [1.165, 1.54) is 28.0 Å². The molecule has 10 nitrogen and oxygen atoms in total. The van der Waals surface area contributed by atoms with Crippen LogP contribution in [0.2, 0.25) is 0 Å². The summed E-state index contributed by atoms with van der Waals surface area (Å²) in [7, 11) is 1.55. The molecule has 198 valence electrons. The van der Waals surface area contributed by atoms with Gasteiger partial charge in [0.2, 0.25) is 0 Å². The Hall–Kier alpha value is -4.77. The summed E-state index contributed by atoms with van der Waals surface area (Å²) in [5, 5.41) is 10.9. The van der Waals surface area contributed by atoms with Gasteiger partial charge in [-0.2, -0.15) is 0 Å². The van der Waals surface area contributed by atoms with E-state index in [-0.39, 0.29) is 23.4 Å². The SMILES string of the molecule is CCOC(=O)C1=C(C)N=c2s/c(=C\c3ccc(-c4ccc([N+](=O)[O-])cc4)o3)c(=O)n2[C@H]1c1cccc(OC)c1. The van der Waals surface area contributed by atoms with Crippen molar-refractivity contribution in [3.63, 3.8) is 0 Å². The molecule has 2 aromatic carbocycles. The summed E-state index contributed by atoms with van der Waals surface area (Å²) in [6.45, 7) is 3.62. The van der Waals surface area contributed by atoms with E-state index in [1.54, 1.807) is 69.5 Å². The zero-order valence-electron chi connectivity index (χ0n) is 21.2. The largest absolute Gasteiger partial charge is 0.497 e. The first-order chi connectivity index (χ1) is 18.8. The number of nitro benzene ring substituents is 1. The van der Waals surface area contributed by atoms with Crippen LogP contribution < -0.4 is 19.6 Å². The Morgan fingerprint density at radius 3 is 2.67 bits per heavy atom. The summed E-state index contributed by atoms with van der Waals surface area (Å²) in [5.74, 6) is 0.966. The molecular formula is C28H23N3O7S. The molecule has 0 unspecified atom stereocenters. The molecule has 0 saturated heterocycles. The highest BCUT2D eigenvalue weighted by Gasteiger charge is 2.33. The number of aromatic nitrogens is 1. The van der Waals surface area contributed by atoms with Gasteiger partial charge in [-0.3, -0.25) is 19.5 Å². The topological polar surface area (TPSA) is 126 Å². The quantitative estimate of drug-likeness (QED) is 0.195. The number of carbonyl (C=O) groups excluding carboxylic acids is 1. The predicted octanol–water partition coefficient (Wildman–Crippen LogP) is 3.98. The first kappa shape index (κ1) is 25.9. The van der Waals surface area contributed by atoms with Gasteiger partial charge in [-0.25, -0.2) is 9.79 Å². The average Bonchev–Trinajstić information content (AvgIpc) is 3.52. The van der Waals surface area contributed by atoms with Gasteiger partial charge in [0.05, 0.1) is 40.5 Å². The number of esters is 1. The van der Waals surface area contributed by atoms with Gasteiger partial charge in [0.15, 0.2) is 4.80 Å². The lowest BCUT2D eigenvalue weighted by Crippen LogP contribution is -2.39. The molecule has 1 aliphatic rings. The number of fused-ring (bicyclic) bond motifs is 1. The summed E-state index contributed by atoms with van der Waals surface area (Å²) in [6, 6.07) is 15.9. The van der Waals surface area contributed by atoms with Crippen LogP contribution in [0, 0.1) is 10.1 Å². The number of hydrogen-bond donors (Lipinski definition) is 0. The molecule has 3 heterocycles. The average molecular weight is 546 g/mol. The number of methoxy groups -OCH3 is 1. The summed E-state index contributed by atoms with van der Waals surface area (Å²) in [4.78, 5) is 42.2. The van der Waals surface area contributed by atoms with Gasteiger partial charge in [0, 0.05) is 23.8 Å². The number of ether oxygens (including phenoxy) is 2. The van der Waals surface area contributed by atoms with Crippen molar-refractivity contribution in [3.8, 4) is 17.1 Å². The van der Waals surface area contributed by atoms with Crippen LogP contribution in [0.4, 0.5) is 5.69 Å². The van der Waals surface area contributed by atoms with E-state index in [0.29, 0.717) is 43.4 Å².